The zero-order chi connectivity index (χ0) is 15.1. The molecule has 5 heteroatoms. The van der Waals surface area contributed by atoms with E-state index in [-0.39, 0.29) is 30.8 Å². The number of carbonyl (C=O) groups excluding carboxylic acids is 2. The number of nitrogens with one attached hydrogen (secondary N) is 1. The number of hydrogen-bond acceptors (Lipinski definition) is 4. The lowest BCUT2D eigenvalue weighted by Gasteiger charge is -2.12. The molecule has 1 amide bonds. The maximum absolute atomic E-state index is 11.5. The number of amides is 1. The first-order valence-corrected chi connectivity index (χ1v) is 6.55. The van der Waals surface area contributed by atoms with Gasteiger partial charge in [0.15, 0.2) is 5.78 Å². The summed E-state index contributed by atoms with van der Waals surface area (Å²) in [5, 5.41) is 2.78. The molecule has 0 unspecified atom stereocenters. The molecule has 0 aliphatic heterocycles. The van der Waals surface area contributed by atoms with Gasteiger partial charge in [-0.05, 0) is 32.9 Å². The van der Waals surface area contributed by atoms with Crippen LogP contribution in [-0.4, -0.2) is 31.4 Å². The Bertz CT molecular complexity index is 483. The molecule has 0 spiro atoms. The van der Waals surface area contributed by atoms with Gasteiger partial charge in [-0.2, -0.15) is 0 Å². The van der Waals surface area contributed by atoms with Gasteiger partial charge in [0, 0.05) is 12.1 Å². The van der Waals surface area contributed by atoms with E-state index in [1.54, 1.807) is 25.3 Å². The number of rotatable bonds is 7. The van der Waals surface area contributed by atoms with Crippen molar-refractivity contribution in [2.24, 2.45) is 0 Å². The molecule has 20 heavy (non-hydrogen) atoms. The van der Waals surface area contributed by atoms with Crippen LogP contribution < -0.4 is 14.8 Å². The Labute approximate surface area is 119 Å². The van der Waals surface area contributed by atoms with Crippen molar-refractivity contribution >= 4 is 11.7 Å². The van der Waals surface area contributed by atoms with Crippen LogP contribution in [0.5, 0.6) is 11.5 Å². The molecular weight excluding hydrogens is 258 g/mol. The van der Waals surface area contributed by atoms with Gasteiger partial charge in [-0.1, -0.05) is 0 Å². The third-order valence-electron chi connectivity index (χ3n) is 2.60. The minimum absolute atomic E-state index is 0.0766. The summed E-state index contributed by atoms with van der Waals surface area (Å²) in [4.78, 5) is 23.0. The maximum atomic E-state index is 11.5. The van der Waals surface area contributed by atoms with Gasteiger partial charge in [0.2, 0.25) is 5.91 Å². The largest absolute Gasteiger partial charge is 0.497 e. The molecule has 0 saturated carbocycles. The minimum atomic E-state index is -0.0886. The number of ether oxygens (including phenoxy) is 2. The monoisotopic (exact) mass is 279 g/mol. The Morgan fingerprint density at radius 3 is 2.55 bits per heavy atom. The summed E-state index contributed by atoms with van der Waals surface area (Å²) >= 11 is 0. The van der Waals surface area contributed by atoms with Crippen LogP contribution in [0.25, 0.3) is 0 Å². The van der Waals surface area contributed by atoms with E-state index in [9.17, 15) is 9.59 Å². The molecule has 5 nitrogen and oxygen atoms in total. The van der Waals surface area contributed by atoms with E-state index in [4.69, 9.17) is 9.47 Å². The Hall–Kier alpha value is -2.04. The summed E-state index contributed by atoms with van der Waals surface area (Å²) in [6.45, 7) is 5.48. The molecule has 0 fully saturated rings. The number of ketones is 1. The number of benzene rings is 1. The van der Waals surface area contributed by atoms with Crippen LogP contribution in [0, 0.1) is 0 Å². The lowest BCUT2D eigenvalue weighted by atomic mass is 10.1. The van der Waals surface area contributed by atoms with Crippen molar-refractivity contribution in [1.29, 1.82) is 0 Å². The third-order valence-corrected chi connectivity index (χ3v) is 2.60. The van der Waals surface area contributed by atoms with Crippen LogP contribution in [0.1, 0.15) is 37.6 Å². The van der Waals surface area contributed by atoms with Crippen LogP contribution in [0.3, 0.4) is 0 Å². The third kappa shape index (κ3) is 4.91. The van der Waals surface area contributed by atoms with E-state index >= 15 is 0 Å². The van der Waals surface area contributed by atoms with Gasteiger partial charge in [0.1, 0.15) is 11.5 Å². The van der Waals surface area contributed by atoms with Gasteiger partial charge in [-0.15, -0.1) is 0 Å². The molecule has 0 saturated heterocycles. The van der Waals surface area contributed by atoms with Crippen molar-refractivity contribution in [3.05, 3.63) is 23.8 Å². The summed E-state index contributed by atoms with van der Waals surface area (Å²) in [6, 6.07) is 5.11. The van der Waals surface area contributed by atoms with E-state index < -0.39 is 0 Å². The minimum Gasteiger partial charge on any atom is -0.497 e. The molecule has 0 heterocycles. The molecule has 1 N–H and O–H groups in total. The number of methoxy groups -OCH3 is 1. The van der Waals surface area contributed by atoms with Gasteiger partial charge >= 0.3 is 0 Å². The second-order valence-electron chi connectivity index (χ2n) is 4.74. The van der Waals surface area contributed by atoms with Crippen LogP contribution in [-0.2, 0) is 4.79 Å². The summed E-state index contributed by atoms with van der Waals surface area (Å²) in [7, 11) is 1.54. The zero-order valence-electron chi connectivity index (χ0n) is 12.4. The molecule has 0 bridgehead atoms. The van der Waals surface area contributed by atoms with Crippen molar-refractivity contribution in [3.8, 4) is 11.5 Å². The van der Waals surface area contributed by atoms with Gasteiger partial charge in [0.25, 0.3) is 0 Å². The van der Waals surface area contributed by atoms with Crippen molar-refractivity contribution in [1.82, 2.24) is 5.32 Å². The Morgan fingerprint density at radius 2 is 2.00 bits per heavy atom. The van der Waals surface area contributed by atoms with E-state index in [0.29, 0.717) is 17.1 Å². The highest BCUT2D eigenvalue weighted by Crippen LogP contribution is 2.25. The first kappa shape index (κ1) is 16.0. The predicted molar refractivity (Wildman–Crippen MR) is 76.4 cm³/mol. The first-order valence-electron chi connectivity index (χ1n) is 6.55. The van der Waals surface area contributed by atoms with Crippen molar-refractivity contribution < 1.29 is 19.1 Å². The highest BCUT2D eigenvalue weighted by Gasteiger charge is 2.11. The van der Waals surface area contributed by atoms with Gasteiger partial charge in [0.05, 0.1) is 25.7 Å². The smallest absolute Gasteiger partial charge is 0.223 e. The fourth-order valence-corrected chi connectivity index (χ4v) is 1.69. The molecule has 0 radical (unpaired) electrons. The van der Waals surface area contributed by atoms with Crippen molar-refractivity contribution in [2.75, 3.05) is 13.7 Å². The van der Waals surface area contributed by atoms with E-state index in [0.717, 1.165) is 0 Å². The molecule has 1 rings (SSSR count). The van der Waals surface area contributed by atoms with E-state index in [2.05, 4.69) is 5.32 Å². The summed E-state index contributed by atoms with van der Waals surface area (Å²) in [5.74, 6) is 0.882. The number of Topliss-reactive ketones (excluding diaryl/α,β-unsaturated/α-hetero) is 1. The van der Waals surface area contributed by atoms with Gasteiger partial charge < -0.3 is 14.8 Å². The molecule has 0 atom stereocenters. The topological polar surface area (TPSA) is 64.6 Å². The fourth-order valence-electron chi connectivity index (χ4n) is 1.69. The maximum Gasteiger partial charge on any atom is 0.223 e. The molecule has 0 aromatic heterocycles. The lowest BCUT2D eigenvalue weighted by molar-refractivity contribution is -0.122. The summed E-state index contributed by atoms with van der Waals surface area (Å²) < 4.78 is 10.6. The molecule has 1 aromatic carbocycles. The van der Waals surface area contributed by atoms with E-state index in [1.807, 2.05) is 13.8 Å². The second-order valence-corrected chi connectivity index (χ2v) is 4.74. The van der Waals surface area contributed by atoms with Crippen LogP contribution in [0.2, 0.25) is 0 Å². The highest BCUT2D eigenvalue weighted by molar-refractivity contribution is 5.97. The molecular formula is C15H21NO4. The molecule has 0 aliphatic carbocycles. The fraction of sp³-hybridized carbons (Fsp3) is 0.467. The molecule has 110 valence electrons. The summed E-state index contributed by atoms with van der Waals surface area (Å²) in [6.07, 6.45) is 0.243. The predicted octanol–water partition coefficient (Wildman–Crippen LogP) is 2.19. The van der Waals surface area contributed by atoms with Crippen molar-refractivity contribution in [3.63, 3.8) is 0 Å². The van der Waals surface area contributed by atoms with Gasteiger partial charge in [-0.25, -0.2) is 0 Å². The SMILES string of the molecule is COc1ccc(C(C)=O)c(OCCC(=O)NC(C)C)c1. The molecule has 0 aliphatic rings. The first-order chi connectivity index (χ1) is 9.43. The number of carbonyl (C=O) groups is 2. The van der Waals surface area contributed by atoms with Gasteiger partial charge in [-0.3, -0.25) is 9.59 Å². The highest BCUT2D eigenvalue weighted by atomic mass is 16.5. The van der Waals surface area contributed by atoms with Crippen LogP contribution in [0.15, 0.2) is 18.2 Å². The van der Waals surface area contributed by atoms with Crippen molar-refractivity contribution in [2.45, 2.75) is 33.2 Å². The Balaban J connectivity index is 2.66. The lowest BCUT2D eigenvalue weighted by Crippen LogP contribution is -2.31. The summed E-state index contributed by atoms with van der Waals surface area (Å²) in [5.41, 5.74) is 0.482. The normalized spacial score (nSPS) is 10.2. The van der Waals surface area contributed by atoms with Crippen LogP contribution in [0.4, 0.5) is 0 Å². The standard InChI is InChI=1S/C15H21NO4/c1-10(2)16-15(18)7-8-20-14-9-12(19-4)5-6-13(14)11(3)17/h5-6,9-10H,7-8H2,1-4H3,(H,16,18). The number of hydrogen-bond donors (Lipinski definition) is 1. The second kappa shape index (κ2) is 7.53. The average Bonchev–Trinajstić information content (AvgIpc) is 2.37. The quantitative estimate of drug-likeness (QED) is 0.777. The zero-order valence-corrected chi connectivity index (χ0v) is 12.4. The average molecular weight is 279 g/mol. The molecule has 1 aromatic rings. The van der Waals surface area contributed by atoms with E-state index in [1.165, 1.54) is 6.92 Å². The Morgan fingerprint density at radius 1 is 1.30 bits per heavy atom. The van der Waals surface area contributed by atoms with Crippen LogP contribution >= 0.6 is 0 Å². The Kier molecular flexibility index (Phi) is 6.03.